The van der Waals surface area contributed by atoms with Crippen molar-refractivity contribution in [1.29, 1.82) is 0 Å². The fourth-order valence-electron chi connectivity index (χ4n) is 3.41. The predicted octanol–water partition coefficient (Wildman–Crippen LogP) is 2.55. The van der Waals surface area contributed by atoms with Crippen molar-refractivity contribution in [3.8, 4) is 0 Å². The molecule has 8 heteroatoms. The molecule has 29 heavy (non-hydrogen) atoms. The molecule has 0 saturated carbocycles. The Morgan fingerprint density at radius 1 is 1.17 bits per heavy atom. The van der Waals surface area contributed by atoms with Gasteiger partial charge in [0.15, 0.2) is 6.10 Å². The maximum Gasteiger partial charge on any atom is 0.254 e. The van der Waals surface area contributed by atoms with Crippen LogP contribution in [0.25, 0.3) is 0 Å². The summed E-state index contributed by atoms with van der Waals surface area (Å²) < 4.78 is 1.01. The van der Waals surface area contributed by atoms with E-state index in [1.165, 1.54) is 4.90 Å². The molecule has 7 nitrogen and oxygen atoms in total. The van der Waals surface area contributed by atoms with Gasteiger partial charge in [0.1, 0.15) is 0 Å². The molecule has 2 N–H and O–H groups in total. The molecule has 2 amide bonds. The van der Waals surface area contributed by atoms with Crippen LogP contribution in [0.15, 0.2) is 53.7 Å². The van der Waals surface area contributed by atoms with Gasteiger partial charge in [0.05, 0.1) is 6.04 Å². The number of fused-ring (bicyclic) bond motifs is 1. The van der Waals surface area contributed by atoms with Gasteiger partial charge in [-0.2, -0.15) is 0 Å². The molecule has 0 saturated heterocycles. The number of aliphatic hydroxyl groups excluding tert-OH is 1. The number of amides is 2. The number of benzene rings is 2. The van der Waals surface area contributed by atoms with E-state index in [-0.39, 0.29) is 0 Å². The van der Waals surface area contributed by atoms with Crippen LogP contribution in [0.5, 0.6) is 0 Å². The third-order valence-electron chi connectivity index (χ3n) is 5.08. The van der Waals surface area contributed by atoms with E-state index in [2.05, 4.69) is 33.1 Å². The Kier molecular flexibility index (Phi) is 6.96. The minimum Gasteiger partial charge on any atom is -0.380 e. The lowest BCUT2D eigenvalue weighted by Crippen LogP contribution is -2.51. The molecule has 0 aliphatic carbocycles. The van der Waals surface area contributed by atoms with E-state index in [1.54, 1.807) is 6.92 Å². The van der Waals surface area contributed by atoms with E-state index in [1.807, 2.05) is 48.5 Å². The van der Waals surface area contributed by atoms with Crippen molar-refractivity contribution in [2.24, 2.45) is 5.18 Å². The van der Waals surface area contributed by atoms with Gasteiger partial charge in [-0.1, -0.05) is 41.6 Å². The number of hydrogen-bond donors (Lipinski definition) is 2. The second kappa shape index (κ2) is 9.45. The van der Waals surface area contributed by atoms with E-state index < -0.39 is 30.0 Å². The Morgan fingerprint density at radius 2 is 1.90 bits per heavy atom. The monoisotopic (exact) mass is 507 g/mol. The van der Waals surface area contributed by atoms with Crippen LogP contribution in [-0.2, 0) is 22.6 Å². The zero-order valence-electron chi connectivity index (χ0n) is 15.9. The molecular weight excluding hydrogens is 485 g/mol. The third kappa shape index (κ3) is 4.99. The number of halogens is 1. The van der Waals surface area contributed by atoms with Gasteiger partial charge in [0.2, 0.25) is 6.04 Å². The summed E-state index contributed by atoms with van der Waals surface area (Å²) in [7, 11) is 0. The van der Waals surface area contributed by atoms with Gasteiger partial charge in [0.25, 0.3) is 11.8 Å². The van der Waals surface area contributed by atoms with E-state index in [0.29, 0.717) is 19.5 Å². The fourth-order valence-corrected chi connectivity index (χ4v) is 3.98. The zero-order valence-corrected chi connectivity index (χ0v) is 18.1. The average Bonchev–Trinajstić information content (AvgIpc) is 2.73. The Hall–Kier alpha value is -2.33. The summed E-state index contributed by atoms with van der Waals surface area (Å²) in [4.78, 5) is 38.0. The number of nitroso groups, excluding NO2 is 1. The molecule has 3 rings (SSSR count). The van der Waals surface area contributed by atoms with Gasteiger partial charge < -0.3 is 15.3 Å². The Balaban J connectivity index is 1.66. The molecule has 3 atom stereocenters. The quantitative estimate of drug-likeness (QED) is 0.464. The molecule has 0 bridgehead atoms. The Labute approximate surface area is 182 Å². The maximum atomic E-state index is 12.7. The highest BCUT2D eigenvalue weighted by Crippen LogP contribution is 2.20. The normalized spacial score (nSPS) is 16.3. The molecule has 0 aromatic heterocycles. The van der Waals surface area contributed by atoms with Gasteiger partial charge >= 0.3 is 0 Å². The van der Waals surface area contributed by atoms with Crippen LogP contribution in [0, 0.1) is 8.48 Å². The maximum absolute atomic E-state index is 12.7. The van der Waals surface area contributed by atoms with Crippen LogP contribution in [-0.4, -0.2) is 40.5 Å². The number of carbonyl (C=O) groups is 2. The van der Waals surface area contributed by atoms with Gasteiger partial charge in [0, 0.05) is 16.7 Å². The molecule has 1 aliphatic heterocycles. The summed E-state index contributed by atoms with van der Waals surface area (Å²) in [6.07, 6.45) is -1.16. The van der Waals surface area contributed by atoms with Gasteiger partial charge in [-0.05, 0) is 64.8 Å². The number of hydrogen-bond acceptors (Lipinski definition) is 5. The predicted molar refractivity (Wildman–Crippen MR) is 117 cm³/mol. The van der Waals surface area contributed by atoms with Crippen LogP contribution in [0.4, 0.5) is 0 Å². The largest absolute Gasteiger partial charge is 0.380 e. The van der Waals surface area contributed by atoms with Crippen molar-refractivity contribution in [2.75, 3.05) is 6.54 Å². The van der Waals surface area contributed by atoms with Gasteiger partial charge in [-0.15, -0.1) is 4.91 Å². The second-order valence-electron chi connectivity index (χ2n) is 7.06. The molecule has 0 radical (unpaired) electrons. The smallest absolute Gasteiger partial charge is 0.254 e. The zero-order chi connectivity index (χ0) is 21.0. The fraction of sp³-hybridized carbons (Fsp3) is 0.333. The lowest BCUT2D eigenvalue weighted by molar-refractivity contribution is -0.145. The van der Waals surface area contributed by atoms with Crippen molar-refractivity contribution >= 4 is 34.4 Å². The van der Waals surface area contributed by atoms with Gasteiger partial charge in [-0.3, -0.25) is 9.59 Å². The lowest BCUT2D eigenvalue weighted by atomic mass is 9.99. The van der Waals surface area contributed by atoms with E-state index in [9.17, 15) is 19.6 Å². The first-order chi connectivity index (χ1) is 13.9. The summed E-state index contributed by atoms with van der Waals surface area (Å²) >= 11 is 2.17. The van der Waals surface area contributed by atoms with Crippen LogP contribution in [0.3, 0.4) is 0 Å². The highest BCUT2D eigenvalue weighted by Gasteiger charge is 2.37. The number of nitrogens with one attached hydrogen (secondary N) is 1. The molecule has 2 unspecified atom stereocenters. The molecule has 0 spiro atoms. The molecule has 2 aromatic carbocycles. The SMILES string of the molecule is C[C@H](NC(=O)C(N=O)C(O)C(=O)N1CCc2ccccc2C1)c1cccc(I)c1. The van der Waals surface area contributed by atoms with Crippen molar-refractivity contribution in [3.63, 3.8) is 0 Å². The summed E-state index contributed by atoms with van der Waals surface area (Å²) in [5, 5.41) is 15.8. The Morgan fingerprint density at radius 3 is 2.59 bits per heavy atom. The van der Waals surface area contributed by atoms with Crippen molar-refractivity contribution < 1.29 is 14.7 Å². The molecule has 2 aromatic rings. The van der Waals surface area contributed by atoms with Crippen molar-refractivity contribution in [1.82, 2.24) is 10.2 Å². The van der Waals surface area contributed by atoms with Crippen LogP contribution < -0.4 is 5.32 Å². The first-order valence-electron chi connectivity index (χ1n) is 9.32. The van der Waals surface area contributed by atoms with Crippen LogP contribution in [0.2, 0.25) is 0 Å². The number of rotatable bonds is 6. The van der Waals surface area contributed by atoms with Crippen LogP contribution in [0.1, 0.15) is 29.7 Å². The molecule has 1 aliphatic rings. The summed E-state index contributed by atoms with van der Waals surface area (Å²) in [5.74, 6) is -1.44. The molecule has 0 fully saturated rings. The standard InChI is InChI=1S/C21H22IN3O4/c1-13(15-7-4-8-17(22)11-15)23-20(27)18(24-29)19(26)21(28)25-10-9-14-5-2-3-6-16(14)12-25/h2-8,11,13,18-19,26H,9-10,12H2,1H3,(H,23,27)/t13-,18?,19?/m0/s1. The minimum atomic E-state index is -1.82. The lowest BCUT2D eigenvalue weighted by Gasteiger charge is -2.31. The highest BCUT2D eigenvalue weighted by molar-refractivity contribution is 14.1. The summed E-state index contributed by atoms with van der Waals surface area (Å²) in [6.45, 7) is 2.51. The summed E-state index contributed by atoms with van der Waals surface area (Å²) in [5.41, 5.74) is 3.00. The summed E-state index contributed by atoms with van der Waals surface area (Å²) in [6, 6.07) is 13.2. The Bertz CT molecular complexity index is 920. The number of nitrogens with zero attached hydrogens (tertiary/aromatic N) is 2. The number of aliphatic hydroxyl groups is 1. The van der Waals surface area contributed by atoms with Gasteiger partial charge in [-0.25, -0.2) is 0 Å². The highest BCUT2D eigenvalue weighted by atomic mass is 127. The first-order valence-corrected chi connectivity index (χ1v) is 10.4. The molecule has 1 heterocycles. The van der Waals surface area contributed by atoms with Crippen molar-refractivity contribution in [2.45, 2.75) is 38.1 Å². The van der Waals surface area contributed by atoms with E-state index in [4.69, 9.17) is 0 Å². The van der Waals surface area contributed by atoms with E-state index in [0.717, 1.165) is 20.3 Å². The number of carbonyl (C=O) groups excluding carboxylic acids is 2. The molecular formula is C21H22IN3O4. The first kappa shape index (κ1) is 21.4. The van der Waals surface area contributed by atoms with Crippen LogP contribution >= 0.6 is 22.6 Å². The third-order valence-corrected chi connectivity index (χ3v) is 5.76. The second-order valence-corrected chi connectivity index (χ2v) is 8.30. The topological polar surface area (TPSA) is 99.1 Å². The minimum absolute atomic E-state index is 0.331. The average molecular weight is 507 g/mol. The van der Waals surface area contributed by atoms with Crippen molar-refractivity contribution in [3.05, 3.63) is 73.7 Å². The van der Waals surface area contributed by atoms with E-state index >= 15 is 0 Å². The molecule has 152 valence electrons.